The highest BCUT2D eigenvalue weighted by Gasteiger charge is 2.06. The summed E-state index contributed by atoms with van der Waals surface area (Å²) >= 11 is 0. The molecule has 246 valence electrons. The van der Waals surface area contributed by atoms with Gasteiger partial charge in [-0.2, -0.15) is 0 Å². The molecule has 6 aromatic rings. The molecule has 0 unspecified atom stereocenters. The van der Waals surface area contributed by atoms with Crippen molar-refractivity contribution in [2.45, 2.75) is 55.4 Å². The molecule has 1 aliphatic heterocycles. The van der Waals surface area contributed by atoms with E-state index >= 15 is 0 Å². The molecule has 0 radical (unpaired) electrons. The Balaban J connectivity index is 0.000000146. The number of H-pyrrole nitrogens is 2. The van der Waals surface area contributed by atoms with Gasteiger partial charge in [-0.15, -0.1) is 0 Å². The molecule has 1 aliphatic rings. The number of hydrogen-bond acceptors (Lipinski definition) is 12. The van der Waals surface area contributed by atoms with Gasteiger partial charge in [0.2, 0.25) is 0 Å². The van der Waals surface area contributed by atoms with Crippen LogP contribution in [0.5, 0.6) is 0 Å². The summed E-state index contributed by atoms with van der Waals surface area (Å²) in [6, 6.07) is 3.77. The van der Waals surface area contributed by atoms with E-state index in [9.17, 15) is 9.59 Å². The predicted octanol–water partition coefficient (Wildman–Crippen LogP) is 2.74. The highest BCUT2D eigenvalue weighted by Crippen LogP contribution is 2.10. The third kappa shape index (κ3) is 7.96. The Morgan fingerprint density at radius 2 is 1.40 bits per heavy atom. The number of anilines is 1. The number of fused-ring (bicyclic) bond motifs is 3. The van der Waals surface area contributed by atoms with Crippen molar-refractivity contribution in [2.24, 2.45) is 4.99 Å². The maximum Gasteiger partial charge on any atom is 0.252 e. The Bertz CT molecular complexity index is 2370. The molecule has 0 aromatic carbocycles. The number of nitrogens with one attached hydrogen (secondary N) is 3. The van der Waals surface area contributed by atoms with E-state index < -0.39 is 0 Å². The fourth-order valence-electron chi connectivity index (χ4n) is 4.58. The van der Waals surface area contributed by atoms with E-state index in [0.717, 1.165) is 55.7 Å². The van der Waals surface area contributed by atoms with E-state index in [1.807, 2.05) is 46.8 Å². The zero-order chi connectivity index (χ0) is 35.1. The van der Waals surface area contributed by atoms with Crippen LogP contribution in [0.2, 0.25) is 0 Å². The van der Waals surface area contributed by atoms with Gasteiger partial charge in [0.05, 0.1) is 23.1 Å². The lowest BCUT2D eigenvalue weighted by molar-refractivity contribution is 1.07. The Morgan fingerprint density at radius 3 is 2.08 bits per heavy atom. The average molecular weight is 647 g/mol. The minimum atomic E-state index is -0.0920. The fourth-order valence-corrected chi connectivity index (χ4v) is 4.58. The number of hydrogen-bond donors (Lipinski definition) is 4. The number of nitrogens with two attached hydrogens (primary N) is 1. The van der Waals surface area contributed by atoms with Crippen molar-refractivity contribution in [2.75, 3.05) is 5.73 Å². The molecule has 0 fully saturated rings. The van der Waals surface area contributed by atoms with Gasteiger partial charge in [0.1, 0.15) is 36.1 Å². The predicted molar refractivity (Wildman–Crippen MR) is 189 cm³/mol. The van der Waals surface area contributed by atoms with E-state index in [2.05, 4.69) is 61.7 Å². The van der Waals surface area contributed by atoms with Crippen LogP contribution in [0.25, 0.3) is 34.3 Å². The normalized spacial score (nSPS) is 11.3. The van der Waals surface area contributed by atoms with Crippen molar-refractivity contribution in [1.29, 1.82) is 0 Å². The number of aromatic nitrogens is 9. The fraction of sp³-hybridized carbons (Fsp3) is 0.235. The van der Waals surface area contributed by atoms with E-state index in [1.54, 1.807) is 33.3 Å². The molecule has 0 bridgehead atoms. The third-order valence-corrected chi connectivity index (χ3v) is 7.51. The summed E-state index contributed by atoms with van der Waals surface area (Å²) in [7, 11) is 0. The van der Waals surface area contributed by atoms with Crippen LogP contribution in [-0.2, 0) is 0 Å². The summed E-state index contributed by atoms with van der Waals surface area (Å²) < 4.78 is 0. The highest BCUT2D eigenvalue weighted by molar-refractivity contribution is 5.77. The molecule has 5 N–H and O–H groups in total. The molecule has 0 amide bonds. The van der Waals surface area contributed by atoms with Crippen LogP contribution < -0.4 is 32.5 Å². The summed E-state index contributed by atoms with van der Waals surface area (Å²) in [5.74, 6) is 1.34. The van der Waals surface area contributed by atoms with Gasteiger partial charge >= 0.3 is 0 Å². The quantitative estimate of drug-likeness (QED) is 0.189. The minimum absolute atomic E-state index is 0.00634. The maximum atomic E-state index is 11.6. The Hall–Kier alpha value is -6.18. The van der Waals surface area contributed by atoms with Gasteiger partial charge in [-0.25, -0.2) is 39.9 Å². The molecule has 0 saturated carbocycles. The number of nitrogen functional groups attached to an aromatic ring is 1. The van der Waals surface area contributed by atoms with E-state index in [4.69, 9.17) is 5.73 Å². The number of rotatable bonds is 0. The molecule has 7 heterocycles. The summed E-state index contributed by atoms with van der Waals surface area (Å²) in [6.45, 7) is 19.0. The summed E-state index contributed by atoms with van der Waals surface area (Å²) in [6.07, 6.45) is 7.68. The first-order chi connectivity index (χ1) is 22.8. The molecular weight excluding hydrogens is 608 g/mol. The SMILES string of the molecule is C=c1cc(C)nc2c1=C(C)NC=N2.Cc1c[nH]c2ncnc(C)c2c1=O.Cc1cc2c(C)ncnc2[nH]c1=O.Cc1ncnc(N)c1C. The zero-order valence-electron chi connectivity index (χ0n) is 28.2. The van der Waals surface area contributed by atoms with Gasteiger partial charge in [-0.1, -0.05) is 6.58 Å². The Labute approximate surface area is 276 Å². The molecule has 0 aliphatic carbocycles. The van der Waals surface area contributed by atoms with E-state index in [-0.39, 0.29) is 11.0 Å². The summed E-state index contributed by atoms with van der Waals surface area (Å²) in [4.78, 5) is 60.7. The largest absolute Gasteiger partial charge is 0.383 e. The Kier molecular flexibility index (Phi) is 10.8. The van der Waals surface area contributed by atoms with Crippen molar-refractivity contribution in [3.05, 3.63) is 108 Å². The molecule has 0 atom stereocenters. The number of aliphatic imine (C=N–C) groups is 1. The highest BCUT2D eigenvalue weighted by atomic mass is 16.1. The molecule has 48 heavy (non-hydrogen) atoms. The zero-order valence-corrected chi connectivity index (χ0v) is 28.2. The molecule has 14 nitrogen and oxygen atoms in total. The lowest BCUT2D eigenvalue weighted by Gasteiger charge is -2.08. The first-order valence-electron chi connectivity index (χ1n) is 14.9. The molecule has 7 rings (SSSR count). The van der Waals surface area contributed by atoms with Crippen molar-refractivity contribution < 1.29 is 0 Å². The number of nitrogens with zero attached hydrogens (tertiary/aromatic N) is 8. The van der Waals surface area contributed by atoms with Crippen LogP contribution >= 0.6 is 0 Å². The molecule has 14 heteroatoms. The van der Waals surface area contributed by atoms with Crippen LogP contribution in [0, 0.1) is 48.5 Å². The van der Waals surface area contributed by atoms with Gasteiger partial charge in [-0.05, 0) is 72.7 Å². The topological polar surface area (TPSA) is 206 Å². The lowest BCUT2D eigenvalue weighted by atomic mass is 10.2. The van der Waals surface area contributed by atoms with Crippen LogP contribution in [0.1, 0.15) is 46.4 Å². The standard InChI is InChI=1S/C10H11N3.2C9H9N3O.C6H9N3/c1-6-4-7(2)13-10-9(6)8(3)11-5-12-10;1-5-3-10-9-7(8(5)13)6(2)11-4-12-9;1-5-3-7-6(2)10-4-11-8(7)12-9(5)13;1-4-5(2)8-3-9-6(4)7/h4-5H,1H2,2-3H3,(H,11,12,13);2*3-4H,1-2H3,(H,10,11,12,13);3H,1-2H3,(H2,7,8,9). The van der Waals surface area contributed by atoms with Crippen LogP contribution in [0.15, 0.2) is 51.9 Å². The van der Waals surface area contributed by atoms with Gasteiger partial charge in [-0.3, -0.25) is 9.59 Å². The van der Waals surface area contributed by atoms with Gasteiger partial charge in [0.15, 0.2) is 11.2 Å². The van der Waals surface area contributed by atoms with Crippen molar-refractivity contribution in [3.8, 4) is 0 Å². The second-order valence-corrected chi connectivity index (χ2v) is 11.1. The van der Waals surface area contributed by atoms with Crippen LogP contribution in [0.4, 0.5) is 11.6 Å². The smallest absolute Gasteiger partial charge is 0.252 e. The number of aryl methyl sites for hydroxylation is 6. The van der Waals surface area contributed by atoms with E-state index in [0.29, 0.717) is 33.6 Å². The molecule has 0 saturated heterocycles. The molecular formula is C34H38N12O2. The van der Waals surface area contributed by atoms with E-state index in [1.165, 1.54) is 19.0 Å². The average Bonchev–Trinajstić information content (AvgIpc) is 3.03. The summed E-state index contributed by atoms with van der Waals surface area (Å²) in [5, 5.41) is 6.53. The van der Waals surface area contributed by atoms with Crippen molar-refractivity contribution in [3.63, 3.8) is 0 Å². The first-order valence-corrected chi connectivity index (χ1v) is 14.9. The van der Waals surface area contributed by atoms with Crippen LogP contribution in [0.3, 0.4) is 0 Å². The first kappa shape index (κ1) is 34.7. The van der Waals surface area contributed by atoms with Gasteiger partial charge < -0.3 is 21.0 Å². The van der Waals surface area contributed by atoms with Crippen molar-refractivity contribution >= 4 is 52.3 Å². The second kappa shape index (κ2) is 14.9. The number of aromatic amines is 2. The monoisotopic (exact) mass is 646 g/mol. The Morgan fingerprint density at radius 1 is 0.750 bits per heavy atom. The minimum Gasteiger partial charge on any atom is -0.383 e. The molecule has 0 spiro atoms. The lowest BCUT2D eigenvalue weighted by Crippen LogP contribution is -2.33. The van der Waals surface area contributed by atoms with Gasteiger partial charge in [0, 0.05) is 50.6 Å². The molecule has 6 aromatic heterocycles. The number of pyridine rings is 3. The second-order valence-electron chi connectivity index (χ2n) is 11.1. The van der Waals surface area contributed by atoms with Crippen LogP contribution in [-0.4, -0.2) is 51.2 Å². The van der Waals surface area contributed by atoms with Gasteiger partial charge in [0.25, 0.3) is 5.56 Å². The third-order valence-electron chi connectivity index (χ3n) is 7.51. The van der Waals surface area contributed by atoms with Crippen molar-refractivity contribution in [1.82, 2.24) is 50.2 Å². The maximum absolute atomic E-state index is 11.6. The summed E-state index contributed by atoms with van der Waals surface area (Å²) in [5.41, 5.74) is 13.5.